The minimum atomic E-state index is 0.0447. The fraction of sp³-hybridized carbons (Fsp3) is 0.409. The number of rotatable bonds is 7. The molecule has 27 heavy (non-hydrogen) atoms. The first-order valence-electron chi connectivity index (χ1n) is 9.85. The summed E-state index contributed by atoms with van der Waals surface area (Å²) < 4.78 is 3.39. The van der Waals surface area contributed by atoms with E-state index in [1.807, 2.05) is 6.07 Å². The summed E-state index contributed by atoms with van der Waals surface area (Å²) >= 11 is 1.76. The van der Waals surface area contributed by atoms with Gasteiger partial charge < -0.3 is 14.8 Å². The summed E-state index contributed by atoms with van der Waals surface area (Å²) in [5.74, 6) is 0.0447. The number of hydrogen-bond donors (Lipinski definition) is 1. The lowest BCUT2D eigenvalue weighted by Gasteiger charge is -2.15. The van der Waals surface area contributed by atoms with Crippen molar-refractivity contribution in [2.45, 2.75) is 32.7 Å². The van der Waals surface area contributed by atoms with Crippen molar-refractivity contribution in [2.24, 2.45) is 0 Å². The summed E-state index contributed by atoms with van der Waals surface area (Å²) in [5, 5.41) is 3.13. The molecule has 1 amide bonds. The number of aromatic nitrogens is 1. The number of nitrogens with zero attached hydrogens (tertiary/aromatic N) is 2. The first kappa shape index (κ1) is 18.3. The molecule has 1 N–H and O–H groups in total. The summed E-state index contributed by atoms with van der Waals surface area (Å²) in [6.07, 6.45) is 3.49. The highest BCUT2D eigenvalue weighted by Crippen LogP contribution is 2.29. The molecular formula is C22H27N3OS. The summed E-state index contributed by atoms with van der Waals surface area (Å²) in [7, 11) is 0. The third-order valence-electron chi connectivity index (χ3n) is 5.32. The maximum Gasteiger partial charge on any atom is 0.268 e. The van der Waals surface area contributed by atoms with E-state index < -0.39 is 0 Å². The fourth-order valence-electron chi connectivity index (χ4n) is 3.90. The first-order valence-corrected chi connectivity index (χ1v) is 10.7. The van der Waals surface area contributed by atoms with Gasteiger partial charge in [-0.2, -0.15) is 0 Å². The molecule has 0 unspecified atom stereocenters. The standard InChI is InChI=1S/C22H27N3OS/c1-17-15-19-21(27-17)16-20(22(26)23-10-14-24-11-5-6-12-24)25(19)13-9-18-7-3-2-4-8-18/h2-4,7-8,15-16H,5-6,9-14H2,1H3,(H,23,26). The van der Waals surface area contributed by atoms with Gasteiger partial charge in [-0.25, -0.2) is 0 Å². The lowest BCUT2D eigenvalue weighted by molar-refractivity contribution is 0.0941. The molecule has 0 atom stereocenters. The number of likely N-dealkylation sites (tertiary alicyclic amines) is 1. The van der Waals surface area contributed by atoms with Gasteiger partial charge in [-0.3, -0.25) is 4.79 Å². The van der Waals surface area contributed by atoms with E-state index in [0.717, 1.165) is 31.7 Å². The third-order valence-corrected chi connectivity index (χ3v) is 6.31. The van der Waals surface area contributed by atoms with E-state index in [1.54, 1.807) is 11.3 Å². The molecule has 0 radical (unpaired) electrons. The number of carbonyl (C=O) groups is 1. The average molecular weight is 382 g/mol. The van der Waals surface area contributed by atoms with Crippen molar-refractivity contribution in [3.8, 4) is 0 Å². The zero-order valence-electron chi connectivity index (χ0n) is 15.9. The van der Waals surface area contributed by atoms with Crippen LogP contribution in [0.5, 0.6) is 0 Å². The topological polar surface area (TPSA) is 37.3 Å². The zero-order chi connectivity index (χ0) is 18.6. The Labute approximate surface area is 164 Å². The third kappa shape index (κ3) is 4.25. The highest BCUT2D eigenvalue weighted by atomic mass is 32.1. The average Bonchev–Trinajstić information content (AvgIpc) is 3.37. The Morgan fingerprint density at radius 3 is 2.67 bits per heavy atom. The minimum absolute atomic E-state index is 0.0447. The lowest BCUT2D eigenvalue weighted by Crippen LogP contribution is -2.34. The molecule has 0 spiro atoms. The number of benzene rings is 1. The summed E-state index contributed by atoms with van der Waals surface area (Å²) in [5.41, 5.74) is 3.26. The van der Waals surface area contributed by atoms with E-state index in [-0.39, 0.29) is 5.91 Å². The van der Waals surface area contributed by atoms with Gasteiger partial charge in [-0.15, -0.1) is 11.3 Å². The van der Waals surface area contributed by atoms with Crippen LogP contribution >= 0.6 is 11.3 Å². The molecule has 1 fully saturated rings. The Bertz CT molecular complexity index is 906. The van der Waals surface area contributed by atoms with Crippen LogP contribution < -0.4 is 5.32 Å². The smallest absolute Gasteiger partial charge is 0.268 e. The maximum absolute atomic E-state index is 12.9. The van der Waals surface area contributed by atoms with Crippen molar-refractivity contribution in [3.63, 3.8) is 0 Å². The van der Waals surface area contributed by atoms with Crippen molar-refractivity contribution in [3.05, 3.63) is 58.6 Å². The molecule has 4 rings (SSSR count). The van der Waals surface area contributed by atoms with E-state index in [2.05, 4.69) is 58.1 Å². The molecule has 2 aromatic heterocycles. The number of aryl methyl sites for hydroxylation is 3. The summed E-state index contributed by atoms with van der Waals surface area (Å²) in [4.78, 5) is 16.6. The van der Waals surface area contributed by atoms with Crippen LogP contribution in [0.4, 0.5) is 0 Å². The van der Waals surface area contributed by atoms with Gasteiger partial charge in [0.2, 0.25) is 0 Å². The van der Waals surface area contributed by atoms with Crippen molar-refractivity contribution in [2.75, 3.05) is 26.2 Å². The van der Waals surface area contributed by atoms with Crippen LogP contribution in [0.2, 0.25) is 0 Å². The van der Waals surface area contributed by atoms with Crippen LogP contribution in [0, 0.1) is 6.92 Å². The highest BCUT2D eigenvalue weighted by molar-refractivity contribution is 7.19. The second-order valence-electron chi connectivity index (χ2n) is 7.33. The molecule has 3 aromatic rings. The fourth-order valence-corrected chi connectivity index (χ4v) is 4.87. The Morgan fingerprint density at radius 2 is 1.89 bits per heavy atom. The van der Waals surface area contributed by atoms with Gasteiger partial charge in [0, 0.05) is 24.5 Å². The van der Waals surface area contributed by atoms with Crippen molar-refractivity contribution in [1.29, 1.82) is 0 Å². The Hall–Kier alpha value is -2.11. The molecule has 1 saturated heterocycles. The number of thiophene rings is 1. The molecular weight excluding hydrogens is 354 g/mol. The number of amides is 1. The SMILES string of the molecule is Cc1cc2c(cc(C(=O)NCCN3CCCC3)n2CCc2ccccc2)s1. The zero-order valence-corrected chi connectivity index (χ0v) is 16.7. The normalized spacial score (nSPS) is 14.9. The van der Waals surface area contributed by atoms with Gasteiger partial charge in [0.25, 0.3) is 5.91 Å². The second kappa shape index (κ2) is 8.28. The molecule has 0 bridgehead atoms. The number of fused-ring (bicyclic) bond motifs is 1. The minimum Gasteiger partial charge on any atom is -0.349 e. The molecule has 1 aliphatic heterocycles. The van der Waals surface area contributed by atoms with E-state index in [9.17, 15) is 4.79 Å². The van der Waals surface area contributed by atoms with Gasteiger partial charge in [0.1, 0.15) is 5.69 Å². The Kier molecular flexibility index (Phi) is 5.60. The molecule has 5 heteroatoms. The number of nitrogens with one attached hydrogen (secondary N) is 1. The largest absolute Gasteiger partial charge is 0.349 e. The van der Waals surface area contributed by atoms with E-state index in [1.165, 1.54) is 46.6 Å². The molecule has 1 aliphatic rings. The van der Waals surface area contributed by atoms with Crippen molar-refractivity contribution in [1.82, 2.24) is 14.8 Å². The van der Waals surface area contributed by atoms with Gasteiger partial charge >= 0.3 is 0 Å². The van der Waals surface area contributed by atoms with Crippen LogP contribution in [-0.2, 0) is 13.0 Å². The van der Waals surface area contributed by atoms with Gasteiger partial charge in [0.15, 0.2) is 0 Å². The van der Waals surface area contributed by atoms with Crippen LogP contribution in [0.15, 0.2) is 42.5 Å². The van der Waals surface area contributed by atoms with Crippen molar-refractivity contribution >= 4 is 27.5 Å². The van der Waals surface area contributed by atoms with Crippen LogP contribution in [0.25, 0.3) is 10.2 Å². The predicted octanol–water partition coefficient (Wildman–Crippen LogP) is 4.08. The molecule has 1 aromatic carbocycles. The lowest BCUT2D eigenvalue weighted by atomic mass is 10.1. The highest BCUT2D eigenvalue weighted by Gasteiger charge is 2.18. The van der Waals surface area contributed by atoms with E-state index in [4.69, 9.17) is 0 Å². The Morgan fingerprint density at radius 1 is 1.11 bits per heavy atom. The van der Waals surface area contributed by atoms with Gasteiger partial charge in [-0.1, -0.05) is 30.3 Å². The molecule has 0 aliphatic carbocycles. The van der Waals surface area contributed by atoms with Gasteiger partial charge in [-0.05, 0) is 57.0 Å². The monoisotopic (exact) mass is 381 g/mol. The molecule has 3 heterocycles. The maximum atomic E-state index is 12.9. The van der Waals surface area contributed by atoms with Crippen LogP contribution in [0.3, 0.4) is 0 Å². The number of hydrogen-bond acceptors (Lipinski definition) is 3. The molecule has 142 valence electrons. The van der Waals surface area contributed by atoms with E-state index in [0.29, 0.717) is 0 Å². The van der Waals surface area contributed by atoms with Crippen LogP contribution in [-0.4, -0.2) is 41.6 Å². The van der Waals surface area contributed by atoms with Crippen molar-refractivity contribution < 1.29 is 4.79 Å². The Balaban J connectivity index is 1.48. The summed E-state index contributed by atoms with van der Waals surface area (Å²) in [6, 6.07) is 14.7. The quantitative estimate of drug-likeness (QED) is 0.670. The molecule has 0 saturated carbocycles. The van der Waals surface area contributed by atoms with Gasteiger partial charge in [0.05, 0.1) is 10.2 Å². The van der Waals surface area contributed by atoms with Crippen LogP contribution in [0.1, 0.15) is 33.8 Å². The first-order chi connectivity index (χ1) is 13.2. The second-order valence-corrected chi connectivity index (χ2v) is 8.62. The summed E-state index contributed by atoms with van der Waals surface area (Å²) in [6.45, 7) is 6.94. The molecule has 4 nitrogen and oxygen atoms in total. The number of carbonyl (C=O) groups excluding carboxylic acids is 1. The predicted molar refractivity (Wildman–Crippen MR) is 113 cm³/mol. The van der Waals surface area contributed by atoms with E-state index >= 15 is 0 Å².